The number of anilines is 1. The van der Waals surface area contributed by atoms with Crippen molar-refractivity contribution in [2.24, 2.45) is 16.0 Å². The Kier molecular flexibility index (Phi) is 14.7. The van der Waals surface area contributed by atoms with Crippen LogP contribution in [0.5, 0.6) is 17.2 Å². The van der Waals surface area contributed by atoms with Gasteiger partial charge in [-0.3, -0.25) is 19.5 Å². The van der Waals surface area contributed by atoms with Crippen molar-refractivity contribution < 1.29 is 41.3 Å². The number of carbonyl (C=O) groups excluding carboxylic acids is 2. The van der Waals surface area contributed by atoms with Gasteiger partial charge in [-0.25, -0.2) is 12.8 Å². The van der Waals surface area contributed by atoms with E-state index in [-0.39, 0.29) is 48.5 Å². The minimum Gasteiger partial charge on any atom is -0.488 e. The van der Waals surface area contributed by atoms with Crippen molar-refractivity contribution in [2.45, 2.75) is 83.7 Å². The van der Waals surface area contributed by atoms with Crippen LogP contribution in [0.1, 0.15) is 93.9 Å². The van der Waals surface area contributed by atoms with Crippen molar-refractivity contribution in [2.75, 3.05) is 64.2 Å². The molecule has 0 N–H and O–H groups in total. The average Bonchev–Trinajstić information content (AvgIpc) is 3.80. The predicted octanol–water partition coefficient (Wildman–Crippen LogP) is 10.6. The van der Waals surface area contributed by atoms with Gasteiger partial charge in [0.15, 0.2) is 12.4 Å². The Labute approximate surface area is 408 Å². The fourth-order valence-corrected chi connectivity index (χ4v) is 10.3. The van der Waals surface area contributed by atoms with Crippen molar-refractivity contribution in [1.29, 1.82) is 0 Å². The van der Waals surface area contributed by atoms with Crippen LogP contribution in [0, 0.1) is 15.7 Å². The Morgan fingerprint density at radius 1 is 0.957 bits per heavy atom. The minimum absolute atomic E-state index is 0.0424. The number of esters is 1. The SMILES string of the molecule is CC1(C)CCC(CN2CCN(c3ccc(C(=O)N(COC(=O)C(C)(C)C)S(=O)(=O)c4ccc(OCC5(F)CCOCC5)c(N=O)c4)c(Oc4cnc5c(c4)C=CC5)c3)CC2)=C(c2ccc(Cl)cc2)C1. The van der Waals surface area contributed by atoms with Gasteiger partial charge < -0.3 is 23.8 Å². The predicted molar refractivity (Wildman–Crippen MR) is 263 cm³/mol. The number of pyridine rings is 1. The zero-order valence-electron chi connectivity index (χ0n) is 39.8. The van der Waals surface area contributed by atoms with E-state index in [9.17, 15) is 22.9 Å². The molecule has 366 valence electrons. The number of hydrogen-bond donors (Lipinski definition) is 0. The maximum absolute atomic E-state index is 15.4. The maximum Gasteiger partial charge on any atom is 0.312 e. The van der Waals surface area contributed by atoms with Crippen molar-refractivity contribution >= 4 is 56.5 Å². The summed E-state index contributed by atoms with van der Waals surface area (Å²) in [4.78, 5) is 48.9. The van der Waals surface area contributed by atoms with E-state index in [0.29, 0.717) is 34.6 Å². The fourth-order valence-electron chi connectivity index (χ4n) is 8.92. The molecule has 0 spiro atoms. The lowest BCUT2D eigenvalue weighted by Gasteiger charge is -2.39. The highest BCUT2D eigenvalue weighted by Crippen LogP contribution is 2.44. The smallest absolute Gasteiger partial charge is 0.312 e. The Morgan fingerprint density at radius 2 is 1.70 bits per heavy atom. The number of ether oxygens (including phenoxy) is 4. The average molecular weight is 985 g/mol. The number of halogens is 2. The molecule has 8 rings (SSSR count). The number of nitroso groups, excluding NO2 is 1. The van der Waals surface area contributed by atoms with Crippen molar-refractivity contribution in [1.82, 2.24) is 14.2 Å². The molecule has 2 aliphatic heterocycles. The van der Waals surface area contributed by atoms with Crippen molar-refractivity contribution in [3.63, 3.8) is 0 Å². The number of sulfonamides is 1. The number of hydrogen-bond acceptors (Lipinski definition) is 13. The molecule has 0 bridgehead atoms. The number of fused-ring (bicyclic) bond motifs is 1. The molecule has 69 heavy (non-hydrogen) atoms. The van der Waals surface area contributed by atoms with Crippen LogP contribution in [0.2, 0.25) is 5.02 Å². The second-order valence-corrected chi connectivity index (χ2v) is 22.3. The molecule has 1 amide bonds. The largest absolute Gasteiger partial charge is 0.488 e. The molecule has 3 heterocycles. The van der Waals surface area contributed by atoms with E-state index in [1.54, 1.807) is 45.2 Å². The third kappa shape index (κ3) is 11.7. The van der Waals surface area contributed by atoms with E-state index in [1.165, 1.54) is 28.8 Å². The minimum atomic E-state index is -4.90. The molecular formula is C52H59ClFN5O9S. The standard InChI is InChI=1S/C52H59ClFN5O9S/c1-50(2,3)49(61)67-34-59(69(63,64)41-14-16-46(45(29-41)56-62)66-33-52(54)19-25-65-26-20-52)48(60)42-15-13-39(28-47(42)68-40-27-36-7-6-8-44(36)55-31-40)58-23-21-57(22-24-58)32-37-17-18-51(4,5)30-43(37)35-9-11-38(53)12-10-35/h6-7,9-16,27-29,31H,8,17-26,30,32-34H2,1-5H3. The number of carbonyl (C=O) groups is 2. The first kappa shape index (κ1) is 49.7. The number of alkyl halides is 1. The highest BCUT2D eigenvalue weighted by atomic mass is 35.5. The second kappa shape index (κ2) is 20.3. The van der Waals surface area contributed by atoms with Gasteiger partial charge in [0.25, 0.3) is 15.9 Å². The van der Waals surface area contributed by atoms with Crippen LogP contribution in [-0.2, 0) is 30.7 Å². The third-order valence-electron chi connectivity index (χ3n) is 13.2. The molecule has 0 atom stereocenters. The summed E-state index contributed by atoms with van der Waals surface area (Å²) in [5.41, 5.74) is 3.35. The summed E-state index contributed by atoms with van der Waals surface area (Å²) in [5.74, 6) is -1.63. The number of amides is 1. The lowest BCUT2D eigenvalue weighted by atomic mass is 9.72. The molecule has 14 nitrogen and oxygen atoms in total. The molecule has 4 aromatic rings. The van der Waals surface area contributed by atoms with Gasteiger partial charge in [-0.15, -0.1) is 4.91 Å². The Balaban J connectivity index is 1.08. The first-order valence-corrected chi connectivity index (χ1v) is 25.2. The number of benzene rings is 3. The van der Waals surface area contributed by atoms with E-state index in [1.807, 2.05) is 24.3 Å². The van der Waals surface area contributed by atoms with Gasteiger partial charge in [0.2, 0.25) is 0 Å². The van der Waals surface area contributed by atoms with Gasteiger partial charge in [0, 0.05) is 82.0 Å². The molecule has 1 aromatic heterocycles. The molecule has 2 aliphatic carbocycles. The normalized spacial score (nSPS) is 18.1. The van der Waals surface area contributed by atoms with E-state index in [4.69, 9.17) is 30.5 Å². The van der Waals surface area contributed by atoms with Crippen LogP contribution < -0.4 is 14.4 Å². The first-order chi connectivity index (χ1) is 32.8. The summed E-state index contributed by atoms with van der Waals surface area (Å²) < 4.78 is 68.0. The number of piperazine rings is 1. The first-order valence-electron chi connectivity index (χ1n) is 23.3. The van der Waals surface area contributed by atoms with Crippen LogP contribution in [-0.4, -0.2) is 99.4 Å². The number of allylic oxidation sites excluding steroid dienone is 2. The zero-order chi connectivity index (χ0) is 49.1. The molecule has 17 heteroatoms. The van der Waals surface area contributed by atoms with E-state index < -0.39 is 56.9 Å². The number of nitrogens with zero attached hydrogens (tertiary/aromatic N) is 5. The maximum atomic E-state index is 15.4. The van der Waals surface area contributed by atoms with Gasteiger partial charge in [0.05, 0.1) is 27.8 Å². The van der Waals surface area contributed by atoms with Crippen LogP contribution in [0.3, 0.4) is 0 Å². The summed E-state index contributed by atoms with van der Waals surface area (Å²) >= 11 is 6.26. The number of aromatic nitrogens is 1. The Hall–Kier alpha value is -5.68. The van der Waals surface area contributed by atoms with Crippen LogP contribution in [0.25, 0.3) is 11.6 Å². The van der Waals surface area contributed by atoms with Crippen molar-refractivity contribution in [3.05, 3.63) is 117 Å². The quantitative estimate of drug-likeness (QED) is 0.0632. The lowest BCUT2D eigenvalue weighted by molar-refractivity contribution is -0.155. The van der Waals surface area contributed by atoms with Crippen LogP contribution >= 0.6 is 11.6 Å². The molecule has 0 unspecified atom stereocenters. The highest BCUT2D eigenvalue weighted by molar-refractivity contribution is 7.89. The zero-order valence-corrected chi connectivity index (χ0v) is 41.3. The molecule has 3 aromatic carbocycles. The van der Waals surface area contributed by atoms with E-state index in [2.05, 4.69) is 45.9 Å². The van der Waals surface area contributed by atoms with E-state index >= 15 is 4.39 Å². The topological polar surface area (TPSA) is 157 Å². The monoisotopic (exact) mass is 983 g/mol. The van der Waals surface area contributed by atoms with Gasteiger partial charge in [0.1, 0.15) is 29.5 Å². The Bertz CT molecular complexity index is 2760. The van der Waals surface area contributed by atoms with Gasteiger partial charge in [-0.05, 0) is 116 Å². The number of rotatable bonds is 15. The molecule has 4 aliphatic rings. The molecular weight excluding hydrogens is 925 g/mol. The van der Waals surface area contributed by atoms with Gasteiger partial charge in [-0.1, -0.05) is 55.3 Å². The van der Waals surface area contributed by atoms with E-state index in [0.717, 1.165) is 68.0 Å². The summed E-state index contributed by atoms with van der Waals surface area (Å²) in [6.45, 7) is 12.2. The van der Waals surface area contributed by atoms with Crippen molar-refractivity contribution in [3.8, 4) is 17.2 Å². The molecule has 2 fully saturated rings. The third-order valence-corrected chi connectivity index (χ3v) is 15.1. The molecule has 2 saturated heterocycles. The van der Waals surface area contributed by atoms with Crippen LogP contribution in [0.4, 0.5) is 15.8 Å². The summed E-state index contributed by atoms with van der Waals surface area (Å²) in [5, 5.41) is 3.69. The molecule has 0 saturated carbocycles. The summed E-state index contributed by atoms with van der Waals surface area (Å²) in [6.07, 6.45) is 9.41. The second-order valence-electron chi connectivity index (χ2n) is 20.0. The summed E-state index contributed by atoms with van der Waals surface area (Å²) in [6, 6.07) is 18.1. The van der Waals surface area contributed by atoms with Crippen LogP contribution in [0.15, 0.2) is 94.6 Å². The van der Waals surface area contributed by atoms with Gasteiger partial charge >= 0.3 is 5.97 Å². The molecule has 0 radical (unpaired) electrons. The lowest BCUT2D eigenvalue weighted by Crippen LogP contribution is -2.47. The fraction of sp³-hybridized carbons (Fsp3) is 0.442. The Morgan fingerprint density at radius 3 is 2.41 bits per heavy atom. The highest BCUT2D eigenvalue weighted by Gasteiger charge is 2.37. The van der Waals surface area contributed by atoms with Gasteiger partial charge in [-0.2, -0.15) is 4.31 Å². The summed E-state index contributed by atoms with van der Waals surface area (Å²) in [7, 11) is -4.90.